The van der Waals surface area contributed by atoms with E-state index in [0.29, 0.717) is 11.4 Å². The first-order chi connectivity index (χ1) is 14.5. The number of para-hydroxylation sites is 1. The second-order valence-corrected chi connectivity index (χ2v) is 8.30. The van der Waals surface area contributed by atoms with Crippen LogP contribution in [0.15, 0.2) is 60.7 Å². The molecule has 1 fully saturated rings. The molecule has 1 N–H and O–H groups in total. The van der Waals surface area contributed by atoms with Crippen LogP contribution in [0.2, 0.25) is 0 Å². The summed E-state index contributed by atoms with van der Waals surface area (Å²) in [6.45, 7) is 1.83. The van der Waals surface area contributed by atoms with Gasteiger partial charge in [0.1, 0.15) is 0 Å². The highest BCUT2D eigenvalue weighted by molar-refractivity contribution is 5.93. The van der Waals surface area contributed by atoms with E-state index < -0.39 is 0 Å². The Hall–Kier alpha value is -2.99. The van der Waals surface area contributed by atoms with Crippen LogP contribution in [0.25, 0.3) is 5.69 Å². The van der Waals surface area contributed by atoms with Crippen molar-refractivity contribution in [3.8, 4) is 5.69 Å². The van der Waals surface area contributed by atoms with Gasteiger partial charge in [0, 0.05) is 11.6 Å². The lowest BCUT2D eigenvalue weighted by Crippen LogP contribution is -2.48. The van der Waals surface area contributed by atoms with Gasteiger partial charge in [-0.2, -0.15) is 9.90 Å². The number of aryl methyl sites for hydroxylation is 1. The zero-order valence-corrected chi connectivity index (χ0v) is 17.9. The molecule has 0 unspecified atom stereocenters. The zero-order valence-electron chi connectivity index (χ0n) is 17.9. The summed E-state index contributed by atoms with van der Waals surface area (Å²) >= 11 is 0. The quantitative estimate of drug-likeness (QED) is 0.705. The Labute approximate surface area is 177 Å². The summed E-state index contributed by atoms with van der Waals surface area (Å²) in [5.74, 6) is -0.142. The maximum atomic E-state index is 12.9. The fraction of sp³-hybridized carbons (Fsp3) is 0.375. The van der Waals surface area contributed by atoms with Crippen molar-refractivity contribution < 1.29 is 4.79 Å². The molecule has 3 aromatic rings. The first-order valence-electron chi connectivity index (χ1n) is 10.5. The molecular formula is C24H29N5O. The number of nitrogens with one attached hydrogen (secondary N) is 1. The third-order valence-electron chi connectivity index (χ3n) is 6.30. The van der Waals surface area contributed by atoms with Crippen LogP contribution >= 0.6 is 0 Å². The molecule has 0 aliphatic heterocycles. The average molecular weight is 404 g/mol. The minimum Gasteiger partial charge on any atom is -0.348 e. The van der Waals surface area contributed by atoms with Crippen molar-refractivity contribution in [2.45, 2.75) is 44.2 Å². The van der Waals surface area contributed by atoms with Crippen LogP contribution in [0.5, 0.6) is 0 Å². The van der Waals surface area contributed by atoms with Gasteiger partial charge in [-0.3, -0.25) is 9.69 Å². The first kappa shape index (κ1) is 20.3. The highest BCUT2D eigenvalue weighted by atomic mass is 16.2. The summed E-state index contributed by atoms with van der Waals surface area (Å²) in [5, 5.41) is 12.0. The molecule has 6 nitrogen and oxygen atoms in total. The molecular weight excluding hydrogens is 374 g/mol. The van der Waals surface area contributed by atoms with Crippen molar-refractivity contribution in [2.24, 2.45) is 0 Å². The van der Waals surface area contributed by atoms with Gasteiger partial charge >= 0.3 is 0 Å². The van der Waals surface area contributed by atoms with Gasteiger partial charge < -0.3 is 5.32 Å². The monoisotopic (exact) mass is 403 g/mol. The summed E-state index contributed by atoms with van der Waals surface area (Å²) in [5.41, 5.74) is 3.25. The van der Waals surface area contributed by atoms with Gasteiger partial charge in [0.15, 0.2) is 5.69 Å². The lowest BCUT2D eigenvalue weighted by atomic mass is 9.74. The predicted octanol–water partition coefficient (Wildman–Crippen LogP) is 3.71. The molecule has 0 radical (unpaired) electrons. The minimum atomic E-state index is -0.142. The topological polar surface area (TPSA) is 63.1 Å². The van der Waals surface area contributed by atoms with E-state index in [4.69, 9.17) is 0 Å². The number of hydrogen-bond donors (Lipinski definition) is 1. The number of carbonyl (C=O) groups is 1. The molecule has 4 rings (SSSR count). The van der Waals surface area contributed by atoms with Crippen molar-refractivity contribution in [3.05, 3.63) is 77.6 Å². The Bertz CT molecular complexity index is 989. The fourth-order valence-corrected chi connectivity index (χ4v) is 4.50. The predicted molar refractivity (Wildman–Crippen MR) is 118 cm³/mol. The number of rotatable bonds is 5. The van der Waals surface area contributed by atoms with Gasteiger partial charge in [0.25, 0.3) is 5.91 Å². The molecule has 1 aliphatic carbocycles. The number of nitrogens with zero attached hydrogens (tertiary/aromatic N) is 4. The van der Waals surface area contributed by atoms with Gasteiger partial charge in [0.05, 0.1) is 11.4 Å². The van der Waals surface area contributed by atoms with Crippen LogP contribution in [-0.2, 0) is 5.54 Å². The van der Waals surface area contributed by atoms with Crippen LogP contribution < -0.4 is 5.32 Å². The van der Waals surface area contributed by atoms with Crippen molar-refractivity contribution >= 4 is 5.91 Å². The molecule has 0 atom stereocenters. The SMILES string of the molecule is Cc1nn(-c2ccccc2)nc1C(=O)NC1CCC(c2ccccc2)(N(C)C)CC1. The van der Waals surface area contributed by atoms with Crippen molar-refractivity contribution in [1.82, 2.24) is 25.2 Å². The maximum Gasteiger partial charge on any atom is 0.273 e. The van der Waals surface area contributed by atoms with E-state index >= 15 is 0 Å². The van der Waals surface area contributed by atoms with E-state index in [-0.39, 0.29) is 17.5 Å². The number of carbonyl (C=O) groups excluding carboxylic acids is 1. The number of amides is 1. The van der Waals surface area contributed by atoms with E-state index in [9.17, 15) is 4.79 Å². The van der Waals surface area contributed by atoms with Crippen LogP contribution in [-0.4, -0.2) is 45.9 Å². The average Bonchev–Trinajstić information content (AvgIpc) is 3.17. The highest BCUT2D eigenvalue weighted by Gasteiger charge is 2.39. The Morgan fingerprint density at radius 3 is 2.20 bits per heavy atom. The van der Waals surface area contributed by atoms with E-state index in [1.807, 2.05) is 37.3 Å². The van der Waals surface area contributed by atoms with Gasteiger partial charge in [-0.05, 0) is 64.4 Å². The third kappa shape index (κ3) is 3.87. The standard InChI is InChI=1S/C24H29N5O/c1-18-22(27-29(26-18)21-12-8-5-9-13-21)23(30)25-20-14-16-24(17-15-20,28(2)3)19-10-6-4-7-11-19/h4-13,20H,14-17H2,1-3H3,(H,25,30). The zero-order chi connectivity index (χ0) is 21.1. The van der Waals surface area contributed by atoms with Crippen LogP contribution in [0.3, 0.4) is 0 Å². The summed E-state index contributed by atoms with van der Waals surface area (Å²) < 4.78 is 0. The smallest absolute Gasteiger partial charge is 0.273 e. The first-order valence-corrected chi connectivity index (χ1v) is 10.5. The Morgan fingerprint density at radius 2 is 1.60 bits per heavy atom. The lowest BCUT2D eigenvalue weighted by molar-refractivity contribution is 0.0755. The third-order valence-corrected chi connectivity index (χ3v) is 6.30. The molecule has 156 valence electrons. The number of hydrogen-bond acceptors (Lipinski definition) is 4. The van der Waals surface area contributed by atoms with Gasteiger partial charge in [-0.15, -0.1) is 5.10 Å². The highest BCUT2D eigenvalue weighted by Crippen LogP contribution is 2.41. The Morgan fingerprint density at radius 1 is 1.00 bits per heavy atom. The van der Waals surface area contributed by atoms with Crippen LogP contribution in [0, 0.1) is 6.92 Å². The Kier molecular flexibility index (Phi) is 5.68. The summed E-state index contributed by atoms with van der Waals surface area (Å²) in [6.07, 6.45) is 3.88. The van der Waals surface area contributed by atoms with E-state index in [1.54, 1.807) is 0 Å². The molecule has 1 aromatic heterocycles. The fourth-order valence-electron chi connectivity index (χ4n) is 4.50. The second kappa shape index (κ2) is 8.40. The molecule has 30 heavy (non-hydrogen) atoms. The summed E-state index contributed by atoms with van der Waals surface area (Å²) in [7, 11) is 4.30. The molecule has 1 aliphatic rings. The Balaban J connectivity index is 1.44. The molecule has 1 saturated carbocycles. The van der Waals surface area contributed by atoms with Crippen LogP contribution in [0.1, 0.15) is 47.4 Å². The lowest BCUT2D eigenvalue weighted by Gasteiger charge is -2.45. The van der Waals surface area contributed by atoms with Crippen molar-refractivity contribution in [3.63, 3.8) is 0 Å². The normalized spacial score (nSPS) is 21.5. The molecule has 0 saturated heterocycles. The van der Waals surface area contributed by atoms with Crippen molar-refractivity contribution in [1.29, 1.82) is 0 Å². The molecule has 1 amide bonds. The summed E-state index contributed by atoms with van der Waals surface area (Å²) in [6, 6.07) is 20.5. The van der Waals surface area contributed by atoms with E-state index in [0.717, 1.165) is 31.4 Å². The minimum absolute atomic E-state index is 0.0227. The number of aromatic nitrogens is 3. The molecule has 6 heteroatoms. The van der Waals surface area contributed by atoms with Gasteiger partial charge in [-0.25, -0.2) is 0 Å². The van der Waals surface area contributed by atoms with Crippen molar-refractivity contribution in [2.75, 3.05) is 14.1 Å². The van der Waals surface area contributed by atoms with Gasteiger partial charge in [-0.1, -0.05) is 48.5 Å². The molecule has 2 aromatic carbocycles. The maximum absolute atomic E-state index is 12.9. The molecule has 0 bridgehead atoms. The van der Waals surface area contributed by atoms with E-state index in [2.05, 4.69) is 64.8 Å². The largest absolute Gasteiger partial charge is 0.348 e. The summed E-state index contributed by atoms with van der Waals surface area (Å²) in [4.78, 5) is 16.8. The van der Waals surface area contributed by atoms with Crippen LogP contribution in [0.4, 0.5) is 0 Å². The second-order valence-electron chi connectivity index (χ2n) is 8.30. The number of benzene rings is 2. The van der Waals surface area contributed by atoms with E-state index in [1.165, 1.54) is 10.4 Å². The molecule has 0 spiro atoms. The molecule has 1 heterocycles. The van der Waals surface area contributed by atoms with Gasteiger partial charge in [0.2, 0.25) is 0 Å².